The molecule has 0 saturated carbocycles. The summed E-state index contributed by atoms with van der Waals surface area (Å²) in [6, 6.07) is 23.3. The van der Waals surface area contributed by atoms with Crippen molar-refractivity contribution in [3.8, 4) is 33.8 Å². The molecule has 0 bridgehead atoms. The van der Waals surface area contributed by atoms with E-state index in [9.17, 15) is 15.0 Å². The maximum Gasteiger partial charge on any atom is 0.248 e. The molecule has 5 aromatic rings. The second-order valence-electron chi connectivity index (χ2n) is 9.96. The number of fused-ring (bicyclic) bond motifs is 1. The number of nitrogens with zero attached hydrogens (tertiary/aromatic N) is 4. The van der Waals surface area contributed by atoms with Crippen LogP contribution in [0.4, 0.5) is 0 Å². The summed E-state index contributed by atoms with van der Waals surface area (Å²) in [6.07, 6.45) is 4.67. The molecule has 0 aliphatic carbocycles. The number of piperidine rings is 1. The van der Waals surface area contributed by atoms with Gasteiger partial charge in [0.1, 0.15) is 23.1 Å². The van der Waals surface area contributed by atoms with E-state index in [1.165, 1.54) is 5.56 Å². The maximum atomic E-state index is 11.7. The van der Waals surface area contributed by atoms with Gasteiger partial charge in [0.25, 0.3) is 0 Å². The summed E-state index contributed by atoms with van der Waals surface area (Å²) in [5.41, 5.74) is 12.2. The average Bonchev–Trinajstić information content (AvgIpc) is 3.40. The molecule has 3 aromatic carbocycles. The van der Waals surface area contributed by atoms with E-state index in [1.807, 2.05) is 36.4 Å². The Hall–Kier alpha value is -4.53. The highest BCUT2D eigenvalue weighted by Crippen LogP contribution is 2.36. The van der Waals surface area contributed by atoms with Gasteiger partial charge in [0.15, 0.2) is 5.75 Å². The van der Waals surface area contributed by atoms with E-state index < -0.39 is 5.91 Å². The number of hydrogen-bond acceptors (Lipinski definition) is 6. The van der Waals surface area contributed by atoms with E-state index >= 15 is 0 Å². The van der Waals surface area contributed by atoms with E-state index in [-0.39, 0.29) is 11.9 Å². The molecule has 8 heteroatoms. The molecule has 0 spiro atoms. The Morgan fingerprint density at radius 2 is 1.69 bits per heavy atom. The fourth-order valence-corrected chi connectivity index (χ4v) is 5.27. The van der Waals surface area contributed by atoms with Crippen LogP contribution in [0.5, 0.6) is 5.75 Å². The third-order valence-corrected chi connectivity index (χ3v) is 7.41. The molecule has 1 aliphatic rings. The zero-order valence-electron chi connectivity index (χ0n) is 21.4. The van der Waals surface area contributed by atoms with E-state index in [4.69, 9.17) is 5.73 Å². The van der Waals surface area contributed by atoms with Crippen molar-refractivity contribution in [2.24, 2.45) is 5.73 Å². The van der Waals surface area contributed by atoms with Crippen molar-refractivity contribution < 1.29 is 15.0 Å². The molecule has 0 atom stereocenters. The first-order valence-corrected chi connectivity index (χ1v) is 13.0. The predicted octanol–water partition coefficient (Wildman–Crippen LogP) is 4.52. The van der Waals surface area contributed by atoms with Crippen molar-refractivity contribution in [3.63, 3.8) is 0 Å². The first-order valence-electron chi connectivity index (χ1n) is 13.0. The minimum Gasteiger partial charge on any atom is -0.504 e. The fourth-order valence-electron chi connectivity index (χ4n) is 5.27. The largest absolute Gasteiger partial charge is 0.504 e. The third kappa shape index (κ3) is 4.87. The Kier molecular flexibility index (Phi) is 6.56. The number of amides is 1. The molecule has 6 rings (SSSR count). The number of carbonyl (C=O) groups excluding carboxylic acids is 1. The van der Waals surface area contributed by atoms with E-state index in [2.05, 4.69) is 33.1 Å². The zero-order valence-corrected chi connectivity index (χ0v) is 21.4. The third-order valence-electron chi connectivity index (χ3n) is 7.41. The van der Waals surface area contributed by atoms with Gasteiger partial charge in [-0.2, -0.15) is 0 Å². The molecular formula is C31H29N5O3. The van der Waals surface area contributed by atoms with Crippen LogP contribution in [0.2, 0.25) is 0 Å². The number of aliphatic hydroxyl groups is 1. The summed E-state index contributed by atoms with van der Waals surface area (Å²) >= 11 is 0. The molecule has 8 nitrogen and oxygen atoms in total. The minimum absolute atomic E-state index is 0.00918. The number of hydrogen-bond donors (Lipinski definition) is 3. The molecule has 0 unspecified atom stereocenters. The van der Waals surface area contributed by atoms with Crippen LogP contribution in [0.25, 0.3) is 39.1 Å². The molecule has 0 radical (unpaired) electrons. The van der Waals surface area contributed by atoms with Crippen LogP contribution >= 0.6 is 0 Å². The number of rotatable bonds is 6. The fraction of sp³-hybridized carbons (Fsp3) is 0.194. The highest BCUT2D eigenvalue weighted by molar-refractivity contribution is 5.94. The standard InChI is InChI=1S/C31H29N5O3/c32-31(39)22-5-3-6-24(16-22)36-19-34-27-17-33-28(30(38)29(27)36)21-10-8-20(9-11-21)26-7-2-1-4-23(26)18-35-14-12-25(37)13-15-35/h1-11,16-17,19,25,37-38H,12-15,18H2,(H2,32,39). The molecule has 3 heterocycles. The highest BCUT2D eigenvalue weighted by Gasteiger charge is 2.19. The summed E-state index contributed by atoms with van der Waals surface area (Å²) in [7, 11) is 0. The number of nitrogens with two attached hydrogens (primary N) is 1. The molecule has 1 fully saturated rings. The van der Waals surface area contributed by atoms with Crippen LogP contribution in [0.15, 0.2) is 85.3 Å². The summed E-state index contributed by atoms with van der Waals surface area (Å²) in [5.74, 6) is -0.515. The van der Waals surface area contributed by atoms with Gasteiger partial charge in [-0.15, -0.1) is 0 Å². The Morgan fingerprint density at radius 1 is 0.949 bits per heavy atom. The smallest absolute Gasteiger partial charge is 0.248 e. The Bertz CT molecular complexity index is 1650. The molecule has 39 heavy (non-hydrogen) atoms. The number of imidazole rings is 1. The molecule has 196 valence electrons. The van der Waals surface area contributed by atoms with Gasteiger partial charge in [0.05, 0.1) is 12.3 Å². The highest BCUT2D eigenvalue weighted by atomic mass is 16.3. The van der Waals surface area contributed by atoms with Crippen LogP contribution < -0.4 is 5.73 Å². The average molecular weight is 520 g/mol. The van der Waals surface area contributed by atoms with Gasteiger partial charge in [0, 0.05) is 36.4 Å². The molecule has 2 aromatic heterocycles. The normalized spacial score (nSPS) is 14.6. The lowest BCUT2D eigenvalue weighted by atomic mass is 9.97. The van der Waals surface area contributed by atoms with Gasteiger partial charge in [-0.25, -0.2) is 9.97 Å². The van der Waals surface area contributed by atoms with Gasteiger partial charge in [-0.3, -0.25) is 14.3 Å². The minimum atomic E-state index is -0.524. The Morgan fingerprint density at radius 3 is 2.46 bits per heavy atom. The summed E-state index contributed by atoms with van der Waals surface area (Å²) in [4.78, 5) is 23.0. The second kappa shape index (κ2) is 10.3. The zero-order chi connectivity index (χ0) is 26.9. The molecule has 1 aliphatic heterocycles. The van der Waals surface area contributed by atoms with Gasteiger partial charge in [-0.05, 0) is 47.7 Å². The first-order chi connectivity index (χ1) is 19.0. The van der Waals surface area contributed by atoms with E-state index in [0.717, 1.165) is 49.2 Å². The molecule has 4 N–H and O–H groups in total. The summed E-state index contributed by atoms with van der Waals surface area (Å²) in [5, 5.41) is 21.1. The molecule has 1 amide bonds. The SMILES string of the molecule is NC(=O)c1cccc(-n2cnc3cnc(-c4ccc(-c5ccccc5CN5CCC(O)CC5)cc4)c(O)c32)c1. The molecule has 1 saturated heterocycles. The lowest BCUT2D eigenvalue weighted by Gasteiger charge is -2.30. The van der Waals surface area contributed by atoms with Crippen molar-refractivity contribution in [2.75, 3.05) is 13.1 Å². The maximum absolute atomic E-state index is 11.7. The lowest BCUT2D eigenvalue weighted by Crippen LogP contribution is -2.35. The number of benzene rings is 3. The van der Waals surface area contributed by atoms with Gasteiger partial charge in [-0.1, -0.05) is 54.6 Å². The first kappa shape index (κ1) is 24.8. The van der Waals surface area contributed by atoms with Gasteiger partial charge in [0.2, 0.25) is 5.91 Å². The number of primary amides is 1. The number of aliphatic hydroxyl groups excluding tert-OH is 1. The van der Waals surface area contributed by atoms with Crippen LogP contribution in [-0.2, 0) is 6.54 Å². The quantitative estimate of drug-likeness (QED) is 0.304. The second-order valence-corrected chi connectivity index (χ2v) is 9.96. The van der Waals surface area contributed by atoms with E-state index in [1.54, 1.807) is 35.3 Å². The summed E-state index contributed by atoms with van der Waals surface area (Å²) < 4.78 is 1.73. The van der Waals surface area contributed by atoms with Crippen molar-refractivity contribution in [1.82, 2.24) is 19.4 Å². The van der Waals surface area contributed by atoms with Crippen LogP contribution in [0.1, 0.15) is 28.8 Å². The van der Waals surface area contributed by atoms with Crippen LogP contribution in [0.3, 0.4) is 0 Å². The number of aromatic nitrogens is 3. The van der Waals surface area contributed by atoms with E-state index in [0.29, 0.717) is 28.0 Å². The Balaban J connectivity index is 1.32. The molecular weight excluding hydrogens is 490 g/mol. The number of carbonyl (C=O) groups is 1. The van der Waals surface area contributed by atoms with Crippen molar-refractivity contribution >= 4 is 16.9 Å². The lowest BCUT2D eigenvalue weighted by molar-refractivity contribution is 0.0793. The van der Waals surface area contributed by atoms with Crippen LogP contribution in [-0.4, -0.2) is 54.7 Å². The van der Waals surface area contributed by atoms with Crippen molar-refractivity contribution in [2.45, 2.75) is 25.5 Å². The van der Waals surface area contributed by atoms with Gasteiger partial charge < -0.3 is 15.9 Å². The van der Waals surface area contributed by atoms with Crippen molar-refractivity contribution in [1.29, 1.82) is 0 Å². The van der Waals surface area contributed by atoms with Gasteiger partial charge >= 0.3 is 0 Å². The topological polar surface area (TPSA) is 118 Å². The summed E-state index contributed by atoms with van der Waals surface area (Å²) in [6.45, 7) is 2.63. The van der Waals surface area contributed by atoms with Crippen molar-refractivity contribution in [3.05, 3.63) is 96.4 Å². The number of pyridine rings is 1. The Labute approximate surface area is 226 Å². The monoisotopic (exact) mass is 519 g/mol. The predicted molar refractivity (Wildman–Crippen MR) is 150 cm³/mol. The number of aromatic hydroxyl groups is 1. The number of likely N-dealkylation sites (tertiary alicyclic amines) is 1. The van der Waals surface area contributed by atoms with Crippen LogP contribution in [0, 0.1) is 0 Å².